The van der Waals surface area contributed by atoms with Gasteiger partial charge >= 0.3 is 0 Å². The van der Waals surface area contributed by atoms with Crippen LogP contribution in [-0.4, -0.2) is 44.3 Å². The van der Waals surface area contributed by atoms with Gasteiger partial charge in [-0.3, -0.25) is 5.10 Å². The molecule has 0 unspecified atom stereocenters. The summed E-state index contributed by atoms with van der Waals surface area (Å²) >= 11 is 0. The quantitative estimate of drug-likeness (QED) is 0.257. The fourth-order valence-electron chi connectivity index (χ4n) is 5.24. The smallest absolute Gasteiger partial charge is 0.181 e. The molecule has 5 aromatic rings. The number of imidazole rings is 1. The lowest BCUT2D eigenvalue weighted by atomic mass is 10.0. The van der Waals surface area contributed by atoms with E-state index in [0.717, 1.165) is 64.3 Å². The number of piperidine rings is 1. The topological polar surface area (TPSA) is 85.5 Å². The fourth-order valence-corrected chi connectivity index (χ4v) is 5.24. The van der Waals surface area contributed by atoms with Crippen LogP contribution in [0.3, 0.4) is 0 Å². The molecule has 6 rings (SSSR count). The van der Waals surface area contributed by atoms with Crippen molar-refractivity contribution < 1.29 is 0 Å². The summed E-state index contributed by atoms with van der Waals surface area (Å²) in [6, 6.07) is 15.6. The monoisotopic (exact) mass is 479 g/mol. The van der Waals surface area contributed by atoms with E-state index >= 15 is 0 Å². The van der Waals surface area contributed by atoms with E-state index in [0.29, 0.717) is 11.7 Å². The number of aromatic nitrogens is 5. The van der Waals surface area contributed by atoms with Gasteiger partial charge in [0.1, 0.15) is 11.2 Å². The third kappa shape index (κ3) is 4.19. The average Bonchev–Trinajstić information content (AvgIpc) is 3.52. The highest BCUT2D eigenvalue weighted by molar-refractivity contribution is 5.96. The van der Waals surface area contributed by atoms with E-state index in [1.807, 2.05) is 6.20 Å². The number of H-pyrrole nitrogens is 2. The number of fused-ring (bicyclic) bond motifs is 2. The van der Waals surface area contributed by atoms with Gasteiger partial charge in [-0.2, -0.15) is 5.10 Å². The maximum atomic E-state index is 5.05. The number of benzene rings is 2. The molecule has 1 saturated heterocycles. The first-order valence-corrected chi connectivity index (χ1v) is 13.1. The molecule has 3 N–H and O–H groups in total. The minimum absolute atomic E-state index is 0.369. The van der Waals surface area contributed by atoms with Crippen LogP contribution < -0.4 is 10.2 Å². The molecule has 184 valence electrons. The molecule has 0 atom stereocenters. The molecule has 2 aromatic carbocycles. The van der Waals surface area contributed by atoms with Crippen LogP contribution in [0.15, 0.2) is 48.7 Å². The Bertz CT molecular complexity index is 1520. The second-order valence-electron chi connectivity index (χ2n) is 10.1. The molecule has 7 nitrogen and oxygen atoms in total. The average molecular weight is 480 g/mol. The second-order valence-corrected chi connectivity index (χ2v) is 10.1. The number of nitrogens with one attached hydrogen (secondary N) is 3. The van der Waals surface area contributed by atoms with Crippen molar-refractivity contribution in [3.63, 3.8) is 0 Å². The summed E-state index contributed by atoms with van der Waals surface area (Å²) < 4.78 is 0. The molecule has 36 heavy (non-hydrogen) atoms. The Morgan fingerprint density at radius 1 is 1.03 bits per heavy atom. The summed E-state index contributed by atoms with van der Waals surface area (Å²) in [5, 5.41) is 12.2. The van der Waals surface area contributed by atoms with Crippen LogP contribution in [0.25, 0.3) is 44.7 Å². The standard InChI is InChI=1S/C29H33N7/c1-4-19-13-20(15-22(14-19)31-18(2)3)21-16-23-26(34-35-28(23)30-17-21)29-32-24-9-8-10-25(27(24)33-29)36-11-6-5-7-12-36/h8-10,13-18,31H,4-7,11-12H2,1-3H3,(H,32,33)(H,30,34,35). The minimum atomic E-state index is 0.369. The number of pyridine rings is 1. The summed E-state index contributed by atoms with van der Waals surface area (Å²) in [5.74, 6) is 0.792. The molecule has 1 aliphatic rings. The maximum Gasteiger partial charge on any atom is 0.181 e. The van der Waals surface area contributed by atoms with Gasteiger partial charge in [-0.15, -0.1) is 0 Å². The Labute approximate surface area is 211 Å². The summed E-state index contributed by atoms with van der Waals surface area (Å²) in [4.78, 5) is 15.7. The van der Waals surface area contributed by atoms with Crippen molar-refractivity contribution in [2.24, 2.45) is 0 Å². The number of aryl methyl sites for hydroxylation is 1. The van der Waals surface area contributed by atoms with Crippen molar-refractivity contribution in [3.05, 3.63) is 54.2 Å². The van der Waals surface area contributed by atoms with Gasteiger partial charge in [0, 0.05) is 36.6 Å². The first-order valence-electron chi connectivity index (χ1n) is 13.1. The van der Waals surface area contributed by atoms with Gasteiger partial charge in [-0.25, -0.2) is 9.97 Å². The van der Waals surface area contributed by atoms with E-state index in [1.165, 1.54) is 30.5 Å². The largest absolute Gasteiger partial charge is 0.383 e. The lowest BCUT2D eigenvalue weighted by Crippen LogP contribution is -2.29. The third-order valence-electron chi connectivity index (χ3n) is 7.02. The number of anilines is 2. The SMILES string of the molecule is CCc1cc(NC(C)C)cc(-c2cnc3n[nH]c(-c4nc5c(N6CCCCC6)cccc5[nH]4)c3c2)c1. The van der Waals surface area contributed by atoms with Crippen molar-refractivity contribution in [1.82, 2.24) is 25.1 Å². The summed E-state index contributed by atoms with van der Waals surface area (Å²) in [7, 11) is 0. The molecule has 4 heterocycles. The predicted molar refractivity (Wildman–Crippen MR) is 149 cm³/mol. The summed E-state index contributed by atoms with van der Waals surface area (Å²) in [6.45, 7) is 8.69. The van der Waals surface area contributed by atoms with Crippen LogP contribution in [0.4, 0.5) is 11.4 Å². The van der Waals surface area contributed by atoms with E-state index < -0.39 is 0 Å². The lowest BCUT2D eigenvalue weighted by molar-refractivity contribution is 0.579. The molecule has 1 fully saturated rings. The number of rotatable bonds is 6. The van der Waals surface area contributed by atoms with E-state index in [4.69, 9.17) is 4.98 Å². The molecule has 7 heteroatoms. The Morgan fingerprint density at radius 2 is 1.89 bits per heavy atom. The zero-order chi connectivity index (χ0) is 24.6. The minimum Gasteiger partial charge on any atom is -0.383 e. The molecule has 0 saturated carbocycles. The highest BCUT2D eigenvalue weighted by Crippen LogP contribution is 2.33. The van der Waals surface area contributed by atoms with Gasteiger partial charge in [-0.1, -0.05) is 19.1 Å². The van der Waals surface area contributed by atoms with E-state index in [9.17, 15) is 0 Å². The van der Waals surface area contributed by atoms with Crippen LogP contribution in [-0.2, 0) is 6.42 Å². The van der Waals surface area contributed by atoms with Crippen molar-refractivity contribution in [1.29, 1.82) is 0 Å². The Hall–Kier alpha value is -3.87. The number of para-hydroxylation sites is 1. The first-order chi connectivity index (χ1) is 17.6. The van der Waals surface area contributed by atoms with Crippen LogP contribution >= 0.6 is 0 Å². The summed E-state index contributed by atoms with van der Waals surface area (Å²) in [5.41, 5.74) is 9.47. The molecule has 0 amide bonds. The normalized spacial score (nSPS) is 14.3. The molecular weight excluding hydrogens is 446 g/mol. The Kier molecular flexibility index (Phi) is 5.83. The molecule has 1 aliphatic heterocycles. The molecular formula is C29H33N7. The van der Waals surface area contributed by atoms with Crippen molar-refractivity contribution in [3.8, 4) is 22.6 Å². The molecule has 0 radical (unpaired) electrons. The van der Waals surface area contributed by atoms with Gasteiger partial charge in [-0.05, 0) is 81.0 Å². The molecule has 0 spiro atoms. The fraction of sp³-hybridized carbons (Fsp3) is 0.345. The lowest BCUT2D eigenvalue weighted by Gasteiger charge is -2.28. The number of nitrogens with zero attached hydrogens (tertiary/aromatic N) is 4. The van der Waals surface area contributed by atoms with E-state index in [-0.39, 0.29) is 0 Å². The highest BCUT2D eigenvalue weighted by atomic mass is 15.2. The van der Waals surface area contributed by atoms with E-state index in [1.54, 1.807) is 0 Å². The second kappa shape index (κ2) is 9.30. The molecule has 0 bridgehead atoms. The Morgan fingerprint density at radius 3 is 2.69 bits per heavy atom. The predicted octanol–water partition coefficient (Wildman–Crippen LogP) is 6.54. The van der Waals surface area contributed by atoms with Crippen LogP contribution in [0.5, 0.6) is 0 Å². The van der Waals surface area contributed by atoms with Crippen molar-refractivity contribution in [2.75, 3.05) is 23.3 Å². The number of hydrogen-bond donors (Lipinski definition) is 3. The first kappa shape index (κ1) is 22.6. The van der Waals surface area contributed by atoms with Gasteiger partial charge in [0.15, 0.2) is 11.5 Å². The van der Waals surface area contributed by atoms with Crippen LogP contribution in [0.1, 0.15) is 45.6 Å². The van der Waals surface area contributed by atoms with Crippen molar-refractivity contribution in [2.45, 2.75) is 52.5 Å². The third-order valence-corrected chi connectivity index (χ3v) is 7.02. The van der Waals surface area contributed by atoms with E-state index in [2.05, 4.69) is 93.6 Å². The van der Waals surface area contributed by atoms with Gasteiger partial charge < -0.3 is 15.2 Å². The van der Waals surface area contributed by atoms with Gasteiger partial charge in [0.05, 0.1) is 16.6 Å². The molecule has 0 aliphatic carbocycles. The number of hydrogen-bond acceptors (Lipinski definition) is 5. The summed E-state index contributed by atoms with van der Waals surface area (Å²) in [6.07, 6.45) is 6.67. The van der Waals surface area contributed by atoms with Crippen LogP contribution in [0.2, 0.25) is 0 Å². The van der Waals surface area contributed by atoms with Crippen molar-refractivity contribution >= 4 is 33.4 Å². The zero-order valence-electron chi connectivity index (χ0n) is 21.2. The maximum absolute atomic E-state index is 5.05. The number of aromatic amines is 2. The van der Waals surface area contributed by atoms with Crippen LogP contribution in [0, 0.1) is 0 Å². The van der Waals surface area contributed by atoms with Gasteiger partial charge in [0.25, 0.3) is 0 Å². The highest BCUT2D eigenvalue weighted by Gasteiger charge is 2.19. The Balaban J connectivity index is 1.42. The van der Waals surface area contributed by atoms with Gasteiger partial charge in [0.2, 0.25) is 0 Å². The molecule has 3 aromatic heterocycles. The zero-order valence-corrected chi connectivity index (χ0v) is 21.2.